The molecule has 7 heteroatoms. The average molecular weight is 292 g/mol. The average Bonchev–Trinajstić information content (AvgIpc) is 2.55. The Balaban J connectivity index is 2.44. The maximum Gasteiger partial charge on any atom is 0.323 e. The lowest BCUT2D eigenvalue weighted by atomic mass is 10.4. The zero-order valence-electron chi connectivity index (χ0n) is 10.8. The smallest absolute Gasteiger partial charge is 0.323 e. The first-order valence-electron chi connectivity index (χ1n) is 5.65. The Bertz CT molecular complexity index is 423. The van der Waals surface area contributed by atoms with E-state index in [0.717, 1.165) is 11.4 Å². The molecule has 0 radical (unpaired) electrons. The zero-order chi connectivity index (χ0) is 13.7. The van der Waals surface area contributed by atoms with Gasteiger partial charge < -0.3 is 10.5 Å². The Hall–Kier alpha value is -0.720. The van der Waals surface area contributed by atoms with E-state index >= 15 is 0 Å². The molecule has 1 aromatic heterocycles. The monoisotopic (exact) mass is 291 g/mol. The number of hydrogen-bond donors (Lipinski definition) is 1. The highest BCUT2D eigenvalue weighted by Crippen LogP contribution is 2.23. The molecule has 0 aliphatic carbocycles. The molecule has 1 rings (SSSR count). The predicted octanol–water partition coefficient (Wildman–Crippen LogP) is 1.51. The lowest BCUT2D eigenvalue weighted by Crippen LogP contribution is -2.34. The molecule has 0 aliphatic heterocycles. The molecule has 0 saturated carbocycles. The number of esters is 1. The normalized spacial score (nSPS) is 12.5. The highest BCUT2D eigenvalue weighted by molar-refractivity contribution is 7.98. The Kier molecular flexibility index (Phi) is 5.98. The molecular formula is C11H18ClN3O2S. The van der Waals surface area contributed by atoms with Crippen LogP contribution in [0.25, 0.3) is 0 Å². The number of ether oxygens (including phenoxy) is 1. The van der Waals surface area contributed by atoms with Crippen LogP contribution in [0.3, 0.4) is 0 Å². The van der Waals surface area contributed by atoms with Crippen molar-refractivity contribution in [3.05, 3.63) is 16.4 Å². The van der Waals surface area contributed by atoms with Gasteiger partial charge in [-0.3, -0.25) is 9.48 Å². The molecule has 1 heterocycles. The largest absolute Gasteiger partial charge is 0.465 e. The molecule has 0 amide bonds. The van der Waals surface area contributed by atoms with Crippen LogP contribution in [0, 0.1) is 6.92 Å². The SMILES string of the molecule is CCOC(=O)C(N)CSCc1c(Cl)c(C)nn1C. The summed E-state index contributed by atoms with van der Waals surface area (Å²) in [4.78, 5) is 11.3. The summed E-state index contributed by atoms with van der Waals surface area (Å²) in [7, 11) is 1.85. The number of hydrogen-bond acceptors (Lipinski definition) is 5. The van der Waals surface area contributed by atoms with Gasteiger partial charge in [0.25, 0.3) is 0 Å². The minimum Gasteiger partial charge on any atom is -0.465 e. The lowest BCUT2D eigenvalue weighted by Gasteiger charge is -2.10. The van der Waals surface area contributed by atoms with Crippen LogP contribution >= 0.6 is 23.4 Å². The highest BCUT2D eigenvalue weighted by atomic mass is 35.5. The second-order valence-electron chi connectivity index (χ2n) is 3.84. The van der Waals surface area contributed by atoms with Crippen molar-refractivity contribution in [3.8, 4) is 0 Å². The van der Waals surface area contributed by atoms with Crippen LogP contribution in [0.15, 0.2) is 0 Å². The van der Waals surface area contributed by atoms with Gasteiger partial charge in [-0.1, -0.05) is 11.6 Å². The zero-order valence-corrected chi connectivity index (χ0v) is 12.3. The number of nitrogens with zero attached hydrogens (tertiary/aromatic N) is 2. The van der Waals surface area contributed by atoms with Crippen molar-refractivity contribution >= 4 is 29.3 Å². The van der Waals surface area contributed by atoms with Crippen molar-refractivity contribution < 1.29 is 9.53 Å². The molecule has 0 spiro atoms. The van der Waals surface area contributed by atoms with E-state index in [1.807, 2.05) is 14.0 Å². The summed E-state index contributed by atoms with van der Waals surface area (Å²) in [5.41, 5.74) is 7.45. The van der Waals surface area contributed by atoms with Crippen LogP contribution in [0.2, 0.25) is 5.02 Å². The van der Waals surface area contributed by atoms with Crippen molar-refractivity contribution in [2.24, 2.45) is 12.8 Å². The van der Waals surface area contributed by atoms with Crippen molar-refractivity contribution in [1.82, 2.24) is 9.78 Å². The summed E-state index contributed by atoms with van der Waals surface area (Å²) in [6.07, 6.45) is 0. The molecule has 0 saturated heterocycles. The maximum absolute atomic E-state index is 11.3. The van der Waals surface area contributed by atoms with E-state index < -0.39 is 6.04 Å². The number of halogens is 1. The highest BCUT2D eigenvalue weighted by Gasteiger charge is 2.16. The third-order valence-corrected chi connectivity index (χ3v) is 3.95. The van der Waals surface area contributed by atoms with Gasteiger partial charge in [0.1, 0.15) is 6.04 Å². The fraction of sp³-hybridized carbons (Fsp3) is 0.636. The maximum atomic E-state index is 11.3. The number of rotatable bonds is 6. The molecule has 2 N–H and O–H groups in total. The number of carbonyl (C=O) groups is 1. The van der Waals surface area contributed by atoms with E-state index in [2.05, 4.69) is 5.10 Å². The quantitative estimate of drug-likeness (QED) is 0.805. The second-order valence-corrected chi connectivity index (χ2v) is 5.25. The van der Waals surface area contributed by atoms with E-state index in [0.29, 0.717) is 23.1 Å². The van der Waals surface area contributed by atoms with E-state index in [4.69, 9.17) is 22.1 Å². The van der Waals surface area contributed by atoms with Crippen molar-refractivity contribution in [1.29, 1.82) is 0 Å². The first kappa shape index (κ1) is 15.3. The first-order valence-corrected chi connectivity index (χ1v) is 7.18. The summed E-state index contributed by atoms with van der Waals surface area (Å²) >= 11 is 7.66. The fourth-order valence-electron chi connectivity index (χ4n) is 1.44. The minimum atomic E-state index is -0.594. The summed E-state index contributed by atoms with van der Waals surface area (Å²) in [5, 5.41) is 4.90. The number of aromatic nitrogens is 2. The van der Waals surface area contributed by atoms with Crippen LogP contribution in [0.5, 0.6) is 0 Å². The van der Waals surface area contributed by atoms with Gasteiger partial charge in [-0.05, 0) is 13.8 Å². The Morgan fingerprint density at radius 2 is 2.33 bits per heavy atom. The van der Waals surface area contributed by atoms with Gasteiger partial charge >= 0.3 is 5.97 Å². The van der Waals surface area contributed by atoms with Crippen LogP contribution in [-0.2, 0) is 22.3 Å². The van der Waals surface area contributed by atoms with Crippen LogP contribution in [0.4, 0.5) is 0 Å². The van der Waals surface area contributed by atoms with Gasteiger partial charge in [-0.2, -0.15) is 16.9 Å². The Labute approximate surface area is 116 Å². The van der Waals surface area contributed by atoms with Crippen molar-refractivity contribution in [2.45, 2.75) is 25.6 Å². The first-order chi connectivity index (χ1) is 8.47. The number of carbonyl (C=O) groups excluding carboxylic acids is 1. The van der Waals surface area contributed by atoms with Gasteiger partial charge in [-0.15, -0.1) is 0 Å². The van der Waals surface area contributed by atoms with Crippen molar-refractivity contribution in [3.63, 3.8) is 0 Å². The summed E-state index contributed by atoms with van der Waals surface area (Å²) in [6.45, 7) is 3.97. The topological polar surface area (TPSA) is 70.1 Å². The van der Waals surface area contributed by atoms with Gasteiger partial charge in [-0.25, -0.2) is 0 Å². The third kappa shape index (κ3) is 3.90. The standard InChI is InChI=1S/C11H18ClN3O2S/c1-4-17-11(16)8(13)5-18-6-9-10(12)7(2)14-15(9)3/h8H,4-6,13H2,1-3H3. The van der Waals surface area contributed by atoms with E-state index in [9.17, 15) is 4.79 Å². The van der Waals surface area contributed by atoms with Gasteiger partial charge in [0.05, 0.1) is 23.0 Å². The fourth-order valence-corrected chi connectivity index (χ4v) is 2.78. The molecule has 0 aromatic carbocycles. The van der Waals surface area contributed by atoms with Gasteiger partial charge in [0, 0.05) is 18.6 Å². The molecular weight excluding hydrogens is 274 g/mol. The van der Waals surface area contributed by atoms with Crippen molar-refractivity contribution in [2.75, 3.05) is 12.4 Å². The minimum absolute atomic E-state index is 0.351. The molecule has 102 valence electrons. The number of aryl methyl sites for hydroxylation is 2. The Morgan fingerprint density at radius 1 is 1.67 bits per heavy atom. The molecule has 0 aliphatic rings. The summed E-state index contributed by atoms with van der Waals surface area (Å²) < 4.78 is 6.59. The Morgan fingerprint density at radius 3 is 2.83 bits per heavy atom. The third-order valence-electron chi connectivity index (χ3n) is 2.39. The van der Waals surface area contributed by atoms with Crippen LogP contribution in [0.1, 0.15) is 18.3 Å². The molecule has 1 aromatic rings. The molecule has 5 nitrogen and oxygen atoms in total. The van der Waals surface area contributed by atoms with E-state index in [1.165, 1.54) is 11.8 Å². The van der Waals surface area contributed by atoms with Gasteiger partial charge in [0.2, 0.25) is 0 Å². The predicted molar refractivity (Wildman–Crippen MR) is 73.7 cm³/mol. The summed E-state index contributed by atoms with van der Waals surface area (Å²) in [6, 6.07) is -0.594. The van der Waals surface area contributed by atoms with Crippen LogP contribution < -0.4 is 5.73 Å². The molecule has 0 fully saturated rings. The second kappa shape index (κ2) is 7.01. The lowest BCUT2D eigenvalue weighted by molar-refractivity contribution is -0.144. The number of thioether (sulfide) groups is 1. The molecule has 0 bridgehead atoms. The van der Waals surface area contributed by atoms with Crippen LogP contribution in [-0.4, -0.2) is 34.2 Å². The van der Waals surface area contributed by atoms with E-state index in [1.54, 1.807) is 11.6 Å². The molecule has 1 unspecified atom stereocenters. The molecule has 1 atom stereocenters. The molecule has 18 heavy (non-hydrogen) atoms. The summed E-state index contributed by atoms with van der Waals surface area (Å²) in [5.74, 6) is 0.806. The number of nitrogens with two attached hydrogens (primary N) is 1. The van der Waals surface area contributed by atoms with E-state index in [-0.39, 0.29) is 5.97 Å². The van der Waals surface area contributed by atoms with Gasteiger partial charge in [0.15, 0.2) is 0 Å².